The highest BCUT2D eigenvalue weighted by Crippen LogP contribution is 2.37. The van der Waals surface area contributed by atoms with Crippen LogP contribution >= 0.6 is 0 Å². The average molecular weight is 298 g/mol. The molecule has 0 saturated heterocycles. The van der Waals surface area contributed by atoms with Crippen molar-refractivity contribution in [3.8, 4) is 5.75 Å². The first-order valence-electron chi connectivity index (χ1n) is 7.41. The molecule has 0 saturated carbocycles. The predicted octanol–water partition coefficient (Wildman–Crippen LogP) is 3.51. The van der Waals surface area contributed by atoms with E-state index in [4.69, 9.17) is 9.15 Å². The molecule has 4 heteroatoms. The minimum Gasteiger partial charge on any atom is -0.428 e. The summed E-state index contributed by atoms with van der Waals surface area (Å²) in [6.45, 7) is 5.91. The van der Waals surface area contributed by atoms with Gasteiger partial charge in [0.1, 0.15) is 11.5 Å². The average Bonchev–Trinajstić information content (AvgIpc) is 2.45. The zero-order valence-electron chi connectivity index (χ0n) is 12.9. The Balaban J connectivity index is 2.09. The monoisotopic (exact) mass is 298 g/mol. The van der Waals surface area contributed by atoms with Crippen LogP contribution < -0.4 is 10.4 Å². The van der Waals surface area contributed by atoms with Crippen molar-refractivity contribution in [1.82, 2.24) is 0 Å². The fourth-order valence-corrected chi connectivity index (χ4v) is 2.82. The van der Waals surface area contributed by atoms with E-state index in [-0.39, 0.29) is 18.3 Å². The third-order valence-electron chi connectivity index (χ3n) is 4.02. The van der Waals surface area contributed by atoms with E-state index in [0.29, 0.717) is 23.0 Å². The van der Waals surface area contributed by atoms with Gasteiger partial charge in [-0.15, -0.1) is 0 Å². The minimum absolute atomic E-state index is 0.155. The lowest BCUT2D eigenvalue weighted by molar-refractivity contribution is -0.135. The SMILES string of the molecule is Cc1cc2c(c(=O)o1)[C@@H](c1ccc(C(C)C)cc1)CC(=O)O2. The molecule has 0 aliphatic carbocycles. The van der Waals surface area contributed by atoms with Crippen molar-refractivity contribution >= 4 is 5.97 Å². The number of rotatable bonds is 2. The van der Waals surface area contributed by atoms with Crippen molar-refractivity contribution < 1.29 is 13.9 Å². The molecule has 0 unspecified atom stereocenters. The van der Waals surface area contributed by atoms with Gasteiger partial charge in [-0.25, -0.2) is 4.79 Å². The van der Waals surface area contributed by atoms with Crippen LogP contribution in [0.3, 0.4) is 0 Å². The van der Waals surface area contributed by atoms with Gasteiger partial charge in [0.25, 0.3) is 0 Å². The Bertz CT molecular complexity index is 769. The highest BCUT2D eigenvalue weighted by Gasteiger charge is 2.32. The van der Waals surface area contributed by atoms with Crippen LogP contribution in [0, 0.1) is 6.92 Å². The van der Waals surface area contributed by atoms with Gasteiger partial charge < -0.3 is 9.15 Å². The summed E-state index contributed by atoms with van der Waals surface area (Å²) >= 11 is 0. The van der Waals surface area contributed by atoms with Crippen LogP contribution in [0.1, 0.15) is 54.6 Å². The molecule has 1 aliphatic rings. The maximum atomic E-state index is 12.2. The summed E-state index contributed by atoms with van der Waals surface area (Å²) in [6.07, 6.45) is 0.155. The molecule has 2 aromatic rings. The molecule has 1 atom stereocenters. The molecule has 0 bridgehead atoms. The number of hydrogen-bond donors (Lipinski definition) is 0. The molecule has 3 rings (SSSR count). The van der Waals surface area contributed by atoms with E-state index in [1.807, 2.05) is 24.3 Å². The normalized spacial score (nSPS) is 17.3. The number of fused-ring (bicyclic) bond motifs is 1. The van der Waals surface area contributed by atoms with Crippen LogP contribution in [0.25, 0.3) is 0 Å². The Labute approximate surface area is 128 Å². The lowest BCUT2D eigenvalue weighted by Gasteiger charge is -2.23. The smallest absolute Gasteiger partial charge is 0.343 e. The molecule has 114 valence electrons. The zero-order chi connectivity index (χ0) is 15.9. The Morgan fingerprint density at radius 1 is 1.14 bits per heavy atom. The van der Waals surface area contributed by atoms with Crippen LogP contribution in [0.2, 0.25) is 0 Å². The first-order chi connectivity index (χ1) is 10.5. The van der Waals surface area contributed by atoms with Crippen LogP contribution in [0.15, 0.2) is 39.5 Å². The van der Waals surface area contributed by atoms with Gasteiger partial charge in [0.15, 0.2) is 0 Å². The lowest BCUT2D eigenvalue weighted by Crippen LogP contribution is -2.26. The van der Waals surface area contributed by atoms with Crippen molar-refractivity contribution in [2.75, 3.05) is 0 Å². The third kappa shape index (κ3) is 2.56. The van der Waals surface area contributed by atoms with E-state index in [0.717, 1.165) is 5.56 Å². The summed E-state index contributed by atoms with van der Waals surface area (Å²) in [5.74, 6) is 0.561. The Hall–Kier alpha value is -2.36. The number of carbonyl (C=O) groups excluding carboxylic acids is 1. The fourth-order valence-electron chi connectivity index (χ4n) is 2.82. The van der Waals surface area contributed by atoms with Gasteiger partial charge in [-0.1, -0.05) is 38.1 Å². The second-order valence-electron chi connectivity index (χ2n) is 5.97. The topological polar surface area (TPSA) is 56.5 Å². The predicted molar refractivity (Wildman–Crippen MR) is 82.3 cm³/mol. The van der Waals surface area contributed by atoms with Gasteiger partial charge in [0.05, 0.1) is 12.0 Å². The fraction of sp³-hybridized carbons (Fsp3) is 0.333. The lowest BCUT2D eigenvalue weighted by atomic mass is 9.86. The molecule has 22 heavy (non-hydrogen) atoms. The van der Waals surface area contributed by atoms with Gasteiger partial charge in [-0.05, 0) is 24.0 Å². The maximum absolute atomic E-state index is 12.2. The van der Waals surface area contributed by atoms with E-state index in [1.165, 1.54) is 5.56 Å². The second kappa shape index (κ2) is 5.44. The van der Waals surface area contributed by atoms with Crippen LogP contribution in [-0.2, 0) is 4.79 Å². The maximum Gasteiger partial charge on any atom is 0.343 e. The highest BCUT2D eigenvalue weighted by molar-refractivity contribution is 5.77. The van der Waals surface area contributed by atoms with Crippen molar-refractivity contribution in [2.45, 2.75) is 39.0 Å². The van der Waals surface area contributed by atoms with Crippen molar-refractivity contribution in [3.63, 3.8) is 0 Å². The molecule has 1 aromatic carbocycles. The first-order valence-corrected chi connectivity index (χ1v) is 7.41. The highest BCUT2D eigenvalue weighted by atomic mass is 16.5. The summed E-state index contributed by atoms with van der Waals surface area (Å²) in [5.41, 5.74) is 2.15. The van der Waals surface area contributed by atoms with Crippen molar-refractivity contribution in [2.24, 2.45) is 0 Å². The van der Waals surface area contributed by atoms with Crippen LogP contribution in [-0.4, -0.2) is 5.97 Å². The van der Waals surface area contributed by atoms with E-state index in [9.17, 15) is 9.59 Å². The van der Waals surface area contributed by atoms with Crippen LogP contribution in [0.5, 0.6) is 5.75 Å². The van der Waals surface area contributed by atoms with E-state index in [2.05, 4.69) is 13.8 Å². The number of carbonyl (C=O) groups is 1. The number of ether oxygens (including phenoxy) is 1. The summed E-state index contributed by atoms with van der Waals surface area (Å²) in [6, 6.07) is 9.62. The number of benzene rings is 1. The number of aryl methyl sites for hydroxylation is 1. The molecule has 0 spiro atoms. The molecule has 0 radical (unpaired) electrons. The number of hydrogen-bond acceptors (Lipinski definition) is 4. The molecule has 2 heterocycles. The molecule has 4 nitrogen and oxygen atoms in total. The molecule has 0 N–H and O–H groups in total. The van der Waals surface area contributed by atoms with Gasteiger partial charge >= 0.3 is 11.6 Å². The molecule has 0 amide bonds. The van der Waals surface area contributed by atoms with Crippen LogP contribution in [0.4, 0.5) is 0 Å². The van der Waals surface area contributed by atoms with Gasteiger partial charge in [0.2, 0.25) is 0 Å². The summed E-state index contributed by atoms with van der Waals surface area (Å²) in [7, 11) is 0. The molecular formula is C18H18O4. The molecule has 1 aliphatic heterocycles. The van der Waals surface area contributed by atoms with Crippen molar-refractivity contribution in [3.05, 3.63) is 63.2 Å². The van der Waals surface area contributed by atoms with Crippen molar-refractivity contribution in [1.29, 1.82) is 0 Å². The third-order valence-corrected chi connectivity index (χ3v) is 4.02. The summed E-state index contributed by atoms with van der Waals surface area (Å²) in [5, 5.41) is 0. The Kier molecular flexibility index (Phi) is 3.61. The Morgan fingerprint density at radius 2 is 1.82 bits per heavy atom. The van der Waals surface area contributed by atoms with Gasteiger partial charge in [-0.3, -0.25) is 4.79 Å². The minimum atomic E-state index is -0.430. The summed E-state index contributed by atoms with van der Waals surface area (Å²) in [4.78, 5) is 24.0. The molecule has 1 aromatic heterocycles. The van der Waals surface area contributed by atoms with Gasteiger partial charge in [-0.2, -0.15) is 0 Å². The van der Waals surface area contributed by atoms with Gasteiger partial charge in [0, 0.05) is 12.0 Å². The van der Waals surface area contributed by atoms with E-state index < -0.39 is 5.63 Å². The summed E-state index contributed by atoms with van der Waals surface area (Å²) < 4.78 is 10.4. The van der Waals surface area contributed by atoms with E-state index in [1.54, 1.807) is 13.0 Å². The largest absolute Gasteiger partial charge is 0.428 e. The van der Waals surface area contributed by atoms with E-state index >= 15 is 0 Å². The molecule has 0 fully saturated rings. The molecular weight excluding hydrogens is 280 g/mol. The number of esters is 1. The Morgan fingerprint density at radius 3 is 2.45 bits per heavy atom. The second-order valence-corrected chi connectivity index (χ2v) is 5.97. The standard InChI is InChI=1S/C18H18O4/c1-10(2)12-4-6-13(7-5-12)14-9-16(19)22-15-8-11(3)21-18(20)17(14)15/h4-8,10,14H,9H2,1-3H3/t14-/m1/s1. The quantitative estimate of drug-likeness (QED) is 0.796. The zero-order valence-corrected chi connectivity index (χ0v) is 12.9. The first kappa shape index (κ1) is 14.6.